The van der Waals surface area contributed by atoms with Crippen molar-refractivity contribution in [3.8, 4) is 5.75 Å². The fourth-order valence-corrected chi connectivity index (χ4v) is 2.83. The van der Waals surface area contributed by atoms with Crippen LogP contribution in [0.5, 0.6) is 5.75 Å². The number of rotatable bonds is 6. The molecule has 2 aromatic rings. The molecule has 0 aliphatic carbocycles. The van der Waals surface area contributed by atoms with Crippen molar-refractivity contribution >= 4 is 17.7 Å². The van der Waals surface area contributed by atoms with E-state index in [0.717, 1.165) is 38.7 Å². The molecule has 0 spiro atoms. The van der Waals surface area contributed by atoms with E-state index in [-0.39, 0.29) is 6.03 Å². The summed E-state index contributed by atoms with van der Waals surface area (Å²) in [5.41, 5.74) is 0.707. The lowest BCUT2D eigenvalue weighted by molar-refractivity contribution is 0.240. The number of piperazine rings is 1. The number of nitrogens with zero attached hydrogens (tertiary/aromatic N) is 4. The van der Waals surface area contributed by atoms with Crippen LogP contribution in [0.15, 0.2) is 42.7 Å². The van der Waals surface area contributed by atoms with E-state index < -0.39 is 0 Å². The second-order valence-corrected chi connectivity index (χ2v) is 5.99. The molecule has 2 heterocycles. The van der Waals surface area contributed by atoms with Crippen LogP contribution in [0.1, 0.15) is 0 Å². The van der Waals surface area contributed by atoms with E-state index in [1.807, 2.05) is 24.3 Å². The zero-order valence-electron chi connectivity index (χ0n) is 14.9. The van der Waals surface area contributed by atoms with Gasteiger partial charge >= 0.3 is 6.03 Å². The van der Waals surface area contributed by atoms with Crippen molar-refractivity contribution in [1.29, 1.82) is 0 Å². The number of benzene rings is 1. The summed E-state index contributed by atoms with van der Waals surface area (Å²) in [5, 5.41) is 5.70. The number of hydrogen-bond acceptors (Lipinski definition) is 6. The number of aromatic nitrogens is 2. The van der Waals surface area contributed by atoms with Gasteiger partial charge in [0.1, 0.15) is 5.75 Å². The van der Waals surface area contributed by atoms with E-state index in [4.69, 9.17) is 4.74 Å². The molecule has 0 unspecified atom stereocenters. The number of carbonyl (C=O) groups excluding carboxylic acids is 1. The summed E-state index contributed by atoms with van der Waals surface area (Å²) in [6.07, 6.45) is 3.53. The van der Waals surface area contributed by atoms with Crippen LogP contribution >= 0.6 is 0 Å². The van der Waals surface area contributed by atoms with E-state index in [9.17, 15) is 4.79 Å². The van der Waals surface area contributed by atoms with E-state index >= 15 is 0 Å². The first-order valence-electron chi connectivity index (χ1n) is 8.68. The molecule has 8 nitrogen and oxygen atoms in total. The van der Waals surface area contributed by atoms with Crippen molar-refractivity contribution in [3.63, 3.8) is 0 Å². The van der Waals surface area contributed by atoms with Crippen molar-refractivity contribution in [3.05, 3.63) is 42.7 Å². The van der Waals surface area contributed by atoms with Gasteiger partial charge in [0.05, 0.1) is 7.11 Å². The molecule has 2 N–H and O–H groups in total. The Bertz CT molecular complexity index is 704. The highest BCUT2D eigenvalue weighted by Crippen LogP contribution is 2.16. The molecule has 1 saturated heterocycles. The van der Waals surface area contributed by atoms with Gasteiger partial charge in [0, 0.05) is 63.4 Å². The lowest BCUT2D eigenvalue weighted by Crippen LogP contribution is -2.49. The summed E-state index contributed by atoms with van der Waals surface area (Å²) in [5.74, 6) is 1.49. The number of ether oxygens (including phenoxy) is 1. The first-order valence-corrected chi connectivity index (χ1v) is 8.68. The number of urea groups is 1. The molecule has 1 aromatic heterocycles. The second-order valence-electron chi connectivity index (χ2n) is 5.99. The van der Waals surface area contributed by atoms with Gasteiger partial charge in [-0.15, -0.1) is 0 Å². The van der Waals surface area contributed by atoms with Crippen LogP contribution in [0.3, 0.4) is 0 Å². The lowest BCUT2D eigenvalue weighted by atomic mass is 10.3. The van der Waals surface area contributed by atoms with Crippen LogP contribution in [0.25, 0.3) is 0 Å². The van der Waals surface area contributed by atoms with Crippen molar-refractivity contribution < 1.29 is 9.53 Å². The molecule has 0 bridgehead atoms. The van der Waals surface area contributed by atoms with Crippen molar-refractivity contribution in [1.82, 2.24) is 20.2 Å². The Morgan fingerprint density at radius 2 is 1.92 bits per heavy atom. The van der Waals surface area contributed by atoms with Crippen LogP contribution in [-0.2, 0) is 0 Å². The third kappa shape index (κ3) is 5.06. The molecule has 0 atom stereocenters. The van der Waals surface area contributed by atoms with E-state index in [0.29, 0.717) is 18.0 Å². The highest BCUT2D eigenvalue weighted by atomic mass is 16.5. The third-order valence-corrected chi connectivity index (χ3v) is 4.25. The Morgan fingerprint density at radius 1 is 1.15 bits per heavy atom. The minimum Gasteiger partial charge on any atom is -0.497 e. The smallest absolute Gasteiger partial charge is 0.319 e. The number of anilines is 2. The molecule has 0 radical (unpaired) electrons. The first kappa shape index (κ1) is 17.9. The average Bonchev–Trinajstić information content (AvgIpc) is 2.69. The molecular weight excluding hydrogens is 332 g/mol. The molecule has 2 amide bonds. The Hall–Kier alpha value is -2.87. The van der Waals surface area contributed by atoms with Gasteiger partial charge in [0.25, 0.3) is 0 Å². The van der Waals surface area contributed by atoms with Gasteiger partial charge in [0.15, 0.2) is 0 Å². The first-order chi connectivity index (χ1) is 12.7. The van der Waals surface area contributed by atoms with Crippen molar-refractivity contribution in [2.24, 2.45) is 0 Å². The van der Waals surface area contributed by atoms with Gasteiger partial charge in [-0.05, 0) is 18.2 Å². The molecule has 0 saturated carbocycles. The van der Waals surface area contributed by atoms with Crippen molar-refractivity contribution in [2.75, 3.05) is 56.6 Å². The minimum absolute atomic E-state index is 0.213. The molecule has 1 fully saturated rings. The summed E-state index contributed by atoms with van der Waals surface area (Å²) >= 11 is 0. The quantitative estimate of drug-likeness (QED) is 0.815. The van der Waals surface area contributed by atoms with Gasteiger partial charge in [-0.1, -0.05) is 6.07 Å². The van der Waals surface area contributed by atoms with E-state index in [1.54, 1.807) is 25.6 Å². The summed E-state index contributed by atoms with van der Waals surface area (Å²) in [7, 11) is 1.60. The molecule has 26 heavy (non-hydrogen) atoms. The van der Waals surface area contributed by atoms with Gasteiger partial charge in [-0.25, -0.2) is 14.8 Å². The molecule has 138 valence electrons. The van der Waals surface area contributed by atoms with Crippen molar-refractivity contribution in [2.45, 2.75) is 0 Å². The SMILES string of the molecule is COc1cccc(NC(=O)NCCN2CCN(c3ncccn3)CC2)c1. The van der Waals surface area contributed by atoms with Crippen LogP contribution in [-0.4, -0.2) is 67.3 Å². The lowest BCUT2D eigenvalue weighted by Gasteiger charge is -2.34. The Kier molecular flexibility index (Phi) is 6.21. The second kappa shape index (κ2) is 9.00. The fraction of sp³-hybridized carbons (Fsp3) is 0.389. The Labute approximate surface area is 153 Å². The largest absolute Gasteiger partial charge is 0.497 e. The fourth-order valence-electron chi connectivity index (χ4n) is 2.83. The molecule has 1 aromatic carbocycles. The monoisotopic (exact) mass is 356 g/mol. The van der Waals surface area contributed by atoms with Crippen LogP contribution in [0, 0.1) is 0 Å². The Morgan fingerprint density at radius 3 is 2.65 bits per heavy atom. The molecule has 8 heteroatoms. The van der Waals surface area contributed by atoms with Gasteiger partial charge < -0.3 is 20.3 Å². The highest BCUT2D eigenvalue weighted by molar-refractivity contribution is 5.89. The predicted octanol–water partition coefficient (Wildman–Crippen LogP) is 1.43. The summed E-state index contributed by atoms with van der Waals surface area (Å²) in [6, 6.07) is 8.89. The maximum atomic E-state index is 12.0. The number of carbonyl (C=O) groups is 1. The molecular formula is C18H24N6O2. The molecule has 1 aliphatic heterocycles. The highest BCUT2D eigenvalue weighted by Gasteiger charge is 2.18. The summed E-state index contributed by atoms with van der Waals surface area (Å²) in [4.78, 5) is 25.1. The normalized spacial score (nSPS) is 14.7. The maximum absolute atomic E-state index is 12.0. The Balaban J connectivity index is 1.35. The zero-order valence-corrected chi connectivity index (χ0v) is 14.9. The maximum Gasteiger partial charge on any atom is 0.319 e. The number of methoxy groups -OCH3 is 1. The number of amides is 2. The van der Waals surface area contributed by atoms with Gasteiger partial charge in [-0.3, -0.25) is 4.90 Å². The van der Waals surface area contributed by atoms with Crippen LogP contribution in [0.4, 0.5) is 16.4 Å². The average molecular weight is 356 g/mol. The predicted molar refractivity (Wildman–Crippen MR) is 101 cm³/mol. The topological polar surface area (TPSA) is 82.6 Å². The molecule has 1 aliphatic rings. The number of nitrogens with one attached hydrogen (secondary N) is 2. The summed E-state index contributed by atoms with van der Waals surface area (Å²) < 4.78 is 5.15. The van der Waals surface area contributed by atoms with E-state index in [2.05, 4.69) is 30.4 Å². The van der Waals surface area contributed by atoms with Gasteiger partial charge in [-0.2, -0.15) is 0 Å². The molecule has 3 rings (SSSR count). The number of hydrogen-bond donors (Lipinski definition) is 2. The van der Waals surface area contributed by atoms with Gasteiger partial charge in [0.2, 0.25) is 5.95 Å². The third-order valence-electron chi connectivity index (χ3n) is 4.25. The van der Waals surface area contributed by atoms with E-state index in [1.165, 1.54) is 0 Å². The zero-order chi connectivity index (χ0) is 18.2. The standard InChI is InChI=1S/C18H24N6O2/c1-26-16-5-2-4-15(14-16)22-18(25)21-8-9-23-10-12-24(13-11-23)17-19-6-3-7-20-17/h2-7,14H,8-13H2,1H3,(H2,21,22,25). The van der Waals surface area contributed by atoms with Crippen LogP contribution < -0.4 is 20.3 Å². The van der Waals surface area contributed by atoms with Crippen LogP contribution in [0.2, 0.25) is 0 Å². The minimum atomic E-state index is -0.213. The summed E-state index contributed by atoms with van der Waals surface area (Å²) in [6.45, 7) is 5.04.